The highest BCUT2D eigenvalue weighted by molar-refractivity contribution is 4.83. The molecular formula is C12H26O3. The molecule has 0 heterocycles. The lowest BCUT2D eigenvalue weighted by molar-refractivity contribution is -0.132. The molecule has 0 fully saturated rings. The summed E-state index contributed by atoms with van der Waals surface area (Å²) >= 11 is 0. The van der Waals surface area contributed by atoms with E-state index in [4.69, 9.17) is 14.2 Å². The van der Waals surface area contributed by atoms with Crippen molar-refractivity contribution in [2.75, 3.05) is 21.3 Å². The maximum absolute atomic E-state index is 5.53. The first-order valence-corrected chi connectivity index (χ1v) is 5.57. The fraction of sp³-hybridized carbons (Fsp3) is 1.00. The van der Waals surface area contributed by atoms with Gasteiger partial charge >= 0.3 is 0 Å². The smallest absolute Gasteiger partial charge is 0.110 e. The molecular weight excluding hydrogens is 192 g/mol. The molecule has 1 unspecified atom stereocenters. The quantitative estimate of drug-likeness (QED) is 0.656. The predicted molar refractivity (Wildman–Crippen MR) is 62.1 cm³/mol. The standard InChI is InChI=1S/C12H26O3/c1-8(2)10(13-5)12(15-7)11(14-6)9(3)4/h8-12H,1-7H3/t10-,11+,12?. The van der Waals surface area contributed by atoms with Crippen LogP contribution in [-0.4, -0.2) is 39.6 Å². The van der Waals surface area contributed by atoms with Crippen molar-refractivity contribution in [3.63, 3.8) is 0 Å². The Labute approximate surface area is 94.1 Å². The second-order valence-electron chi connectivity index (χ2n) is 4.59. The van der Waals surface area contributed by atoms with Crippen LogP contribution in [0.4, 0.5) is 0 Å². The average molecular weight is 218 g/mol. The minimum absolute atomic E-state index is 0.0139. The van der Waals surface area contributed by atoms with Gasteiger partial charge in [-0.05, 0) is 11.8 Å². The molecule has 0 N–H and O–H groups in total. The van der Waals surface area contributed by atoms with Gasteiger partial charge in [-0.15, -0.1) is 0 Å². The lowest BCUT2D eigenvalue weighted by Gasteiger charge is -2.35. The van der Waals surface area contributed by atoms with Gasteiger partial charge in [0.05, 0.1) is 12.2 Å². The van der Waals surface area contributed by atoms with Crippen molar-refractivity contribution >= 4 is 0 Å². The summed E-state index contributed by atoms with van der Waals surface area (Å²) in [5, 5.41) is 0. The Hall–Kier alpha value is -0.120. The van der Waals surface area contributed by atoms with Crippen LogP contribution >= 0.6 is 0 Å². The van der Waals surface area contributed by atoms with Crippen molar-refractivity contribution in [1.82, 2.24) is 0 Å². The lowest BCUT2D eigenvalue weighted by atomic mass is 9.92. The monoisotopic (exact) mass is 218 g/mol. The molecule has 0 amide bonds. The third-order valence-corrected chi connectivity index (χ3v) is 2.78. The average Bonchev–Trinajstić information content (AvgIpc) is 2.16. The minimum atomic E-state index is -0.0139. The maximum atomic E-state index is 5.53. The molecule has 0 saturated heterocycles. The van der Waals surface area contributed by atoms with Gasteiger partial charge in [0.25, 0.3) is 0 Å². The molecule has 0 radical (unpaired) electrons. The zero-order chi connectivity index (χ0) is 12.0. The number of methoxy groups -OCH3 is 3. The Bertz CT molecular complexity index is 141. The van der Waals surface area contributed by atoms with Crippen LogP contribution in [0.3, 0.4) is 0 Å². The van der Waals surface area contributed by atoms with Crippen LogP contribution in [-0.2, 0) is 14.2 Å². The maximum Gasteiger partial charge on any atom is 0.110 e. The van der Waals surface area contributed by atoms with Gasteiger partial charge in [-0.2, -0.15) is 0 Å². The van der Waals surface area contributed by atoms with Crippen molar-refractivity contribution in [2.45, 2.75) is 46.0 Å². The van der Waals surface area contributed by atoms with E-state index in [0.29, 0.717) is 11.8 Å². The van der Waals surface area contributed by atoms with E-state index in [2.05, 4.69) is 27.7 Å². The van der Waals surface area contributed by atoms with Crippen LogP contribution < -0.4 is 0 Å². The summed E-state index contributed by atoms with van der Waals surface area (Å²) in [6.07, 6.45) is 0.129. The van der Waals surface area contributed by atoms with Crippen LogP contribution in [0, 0.1) is 11.8 Å². The van der Waals surface area contributed by atoms with Crippen LogP contribution in [0.1, 0.15) is 27.7 Å². The molecule has 92 valence electrons. The predicted octanol–water partition coefficient (Wildman–Crippen LogP) is 2.34. The van der Waals surface area contributed by atoms with E-state index >= 15 is 0 Å². The molecule has 0 aliphatic carbocycles. The van der Waals surface area contributed by atoms with Crippen molar-refractivity contribution in [2.24, 2.45) is 11.8 Å². The second-order valence-corrected chi connectivity index (χ2v) is 4.59. The molecule has 0 bridgehead atoms. The highest BCUT2D eigenvalue weighted by atomic mass is 16.6. The first-order valence-electron chi connectivity index (χ1n) is 5.57. The summed E-state index contributed by atoms with van der Waals surface area (Å²) < 4.78 is 16.5. The Morgan fingerprint density at radius 1 is 0.533 bits per heavy atom. The third-order valence-electron chi connectivity index (χ3n) is 2.78. The van der Waals surface area contributed by atoms with E-state index in [-0.39, 0.29) is 18.3 Å². The molecule has 3 atom stereocenters. The van der Waals surface area contributed by atoms with Crippen LogP contribution in [0.5, 0.6) is 0 Å². The topological polar surface area (TPSA) is 27.7 Å². The Morgan fingerprint density at radius 3 is 0.933 bits per heavy atom. The summed E-state index contributed by atoms with van der Waals surface area (Å²) in [4.78, 5) is 0. The van der Waals surface area contributed by atoms with Gasteiger partial charge in [-0.25, -0.2) is 0 Å². The van der Waals surface area contributed by atoms with Gasteiger partial charge in [-0.3, -0.25) is 0 Å². The van der Waals surface area contributed by atoms with Gasteiger partial charge < -0.3 is 14.2 Å². The molecule has 15 heavy (non-hydrogen) atoms. The molecule has 0 saturated carbocycles. The zero-order valence-corrected chi connectivity index (χ0v) is 11.1. The van der Waals surface area contributed by atoms with Gasteiger partial charge in [0.1, 0.15) is 6.10 Å². The summed E-state index contributed by atoms with van der Waals surface area (Å²) in [6.45, 7) is 8.53. The number of hydrogen-bond donors (Lipinski definition) is 0. The summed E-state index contributed by atoms with van der Waals surface area (Å²) in [6, 6.07) is 0. The van der Waals surface area contributed by atoms with E-state index in [9.17, 15) is 0 Å². The summed E-state index contributed by atoms with van der Waals surface area (Å²) in [5.41, 5.74) is 0. The van der Waals surface area contributed by atoms with Crippen molar-refractivity contribution < 1.29 is 14.2 Å². The van der Waals surface area contributed by atoms with E-state index in [0.717, 1.165) is 0 Å². The Balaban J connectivity index is 4.68. The molecule has 0 aromatic heterocycles. The molecule has 0 aliphatic rings. The highest BCUT2D eigenvalue weighted by Gasteiger charge is 2.33. The Morgan fingerprint density at radius 2 is 0.800 bits per heavy atom. The SMILES string of the molecule is COC([C@H](OC)C(C)C)[C@@H](OC)C(C)C. The fourth-order valence-corrected chi connectivity index (χ4v) is 2.03. The van der Waals surface area contributed by atoms with Crippen LogP contribution in [0.15, 0.2) is 0 Å². The van der Waals surface area contributed by atoms with Crippen molar-refractivity contribution in [1.29, 1.82) is 0 Å². The van der Waals surface area contributed by atoms with Gasteiger partial charge in [0.2, 0.25) is 0 Å². The molecule has 3 heteroatoms. The first kappa shape index (κ1) is 14.9. The van der Waals surface area contributed by atoms with E-state index in [1.54, 1.807) is 21.3 Å². The first-order chi connectivity index (χ1) is 6.99. The van der Waals surface area contributed by atoms with Crippen LogP contribution in [0.25, 0.3) is 0 Å². The molecule has 0 rings (SSSR count). The van der Waals surface area contributed by atoms with Crippen molar-refractivity contribution in [3.05, 3.63) is 0 Å². The van der Waals surface area contributed by atoms with Crippen molar-refractivity contribution in [3.8, 4) is 0 Å². The molecule has 0 spiro atoms. The Kier molecular flexibility index (Phi) is 7.14. The van der Waals surface area contributed by atoms with Gasteiger partial charge in [-0.1, -0.05) is 27.7 Å². The van der Waals surface area contributed by atoms with E-state index in [1.807, 2.05) is 0 Å². The number of hydrogen-bond acceptors (Lipinski definition) is 3. The third kappa shape index (κ3) is 4.09. The molecule has 0 aliphatic heterocycles. The molecule has 0 aromatic carbocycles. The number of rotatable bonds is 7. The lowest BCUT2D eigenvalue weighted by Crippen LogP contribution is -2.46. The molecule has 0 aromatic rings. The normalized spacial score (nSPS) is 16.4. The fourth-order valence-electron chi connectivity index (χ4n) is 2.03. The minimum Gasteiger partial charge on any atom is -0.378 e. The molecule has 3 nitrogen and oxygen atoms in total. The highest BCUT2D eigenvalue weighted by Crippen LogP contribution is 2.22. The summed E-state index contributed by atoms with van der Waals surface area (Å²) in [7, 11) is 5.17. The van der Waals surface area contributed by atoms with E-state index < -0.39 is 0 Å². The zero-order valence-electron chi connectivity index (χ0n) is 11.1. The van der Waals surface area contributed by atoms with E-state index in [1.165, 1.54) is 0 Å². The summed E-state index contributed by atoms with van der Waals surface area (Å²) in [5.74, 6) is 0.827. The largest absolute Gasteiger partial charge is 0.378 e. The second kappa shape index (κ2) is 7.20. The van der Waals surface area contributed by atoms with Gasteiger partial charge in [0.15, 0.2) is 0 Å². The van der Waals surface area contributed by atoms with Gasteiger partial charge in [0, 0.05) is 21.3 Å². The van der Waals surface area contributed by atoms with Crippen LogP contribution in [0.2, 0.25) is 0 Å². The number of ether oxygens (including phenoxy) is 3.